The molecule has 2 N–H and O–H groups in total. The number of nitrogens with zero attached hydrogens (tertiary/aromatic N) is 6. The van der Waals surface area contributed by atoms with Crippen molar-refractivity contribution >= 4 is 17.6 Å². The van der Waals surface area contributed by atoms with Crippen LogP contribution in [0.4, 0.5) is 14.6 Å². The number of hydrogen-bond donors (Lipinski definition) is 2. The molecule has 0 unspecified atom stereocenters. The maximum Gasteiger partial charge on any atom is 0.263 e. The first kappa shape index (κ1) is 23.0. The number of anilines is 1. The van der Waals surface area contributed by atoms with Gasteiger partial charge in [-0.3, -0.25) is 20.4 Å². The van der Waals surface area contributed by atoms with Gasteiger partial charge in [0.25, 0.3) is 6.43 Å². The van der Waals surface area contributed by atoms with E-state index < -0.39 is 6.43 Å². The summed E-state index contributed by atoms with van der Waals surface area (Å²) in [6, 6.07) is 9.17. The molecule has 2 aromatic heterocycles. The van der Waals surface area contributed by atoms with E-state index in [2.05, 4.69) is 31.4 Å². The number of hydrogen-bond acceptors (Lipinski definition) is 8. The summed E-state index contributed by atoms with van der Waals surface area (Å²) >= 11 is 0. The van der Waals surface area contributed by atoms with Gasteiger partial charge in [0.05, 0.1) is 17.3 Å². The molecule has 0 saturated carbocycles. The largest absolute Gasteiger partial charge is 0.470 e. The molecule has 3 aromatic rings. The molecular weight excluding hydrogens is 450 g/mol. The minimum atomic E-state index is -2.54. The Bertz CT molecular complexity index is 1160. The van der Waals surface area contributed by atoms with Crippen LogP contribution < -0.4 is 20.5 Å². The van der Waals surface area contributed by atoms with Gasteiger partial charge in [0.1, 0.15) is 12.3 Å². The van der Waals surface area contributed by atoms with Crippen LogP contribution in [0.15, 0.2) is 36.4 Å². The van der Waals surface area contributed by atoms with Gasteiger partial charge in [-0.15, -0.1) is 15.3 Å². The zero-order chi connectivity index (χ0) is 24.2. The van der Waals surface area contributed by atoms with Crippen LogP contribution in [-0.4, -0.2) is 50.1 Å². The van der Waals surface area contributed by atoms with Crippen molar-refractivity contribution in [1.29, 1.82) is 0 Å². The highest BCUT2D eigenvalue weighted by atomic mass is 19.3. The number of hydrazine groups is 1. The summed E-state index contributed by atoms with van der Waals surface area (Å²) in [5, 5.41) is 16.3. The molecule has 0 aliphatic carbocycles. The van der Waals surface area contributed by atoms with Crippen LogP contribution in [0.25, 0.3) is 5.69 Å². The van der Waals surface area contributed by atoms with Gasteiger partial charge < -0.3 is 9.64 Å². The van der Waals surface area contributed by atoms with Gasteiger partial charge in [-0.05, 0) is 25.1 Å². The van der Waals surface area contributed by atoms with Crippen LogP contribution in [0.3, 0.4) is 0 Å². The molecular formula is C21H22F2N8O3. The van der Waals surface area contributed by atoms with Crippen molar-refractivity contribution < 1.29 is 23.1 Å². The number of carbonyl (C=O) groups is 2. The van der Waals surface area contributed by atoms with Crippen LogP contribution in [0, 0.1) is 12.8 Å². The molecule has 34 heavy (non-hydrogen) atoms. The highest BCUT2D eigenvalue weighted by Crippen LogP contribution is 2.24. The summed E-state index contributed by atoms with van der Waals surface area (Å²) < 4.78 is 32.9. The fourth-order valence-electron chi connectivity index (χ4n) is 3.29. The summed E-state index contributed by atoms with van der Waals surface area (Å²) in [4.78, 5) is 24.7. The van der Waals surface area contributed by atoms with Gasteiger partial charge >= 0.3 is 0 Å². The van der Waals surface area contributed by atoms with Gasteiger partial charge in [0, 0.05) is 31.6 Å². The van der Waals surface area contributed by atoms with Crippen LogP contribution in [0.5, 0.6) is 5.88 Å². The summed E-state index contributed by atoms with van der Waals surface area (Å²) in [6.45, 7) is 4.08. The number of aryl methyl sites for hydroxylation is 1. The summed E-state index contributed by atoms with van der Waals surface area (Å²) in [6.07, 6.45) is -2.54. The predicted octanol–water partition coefficient (Wildman–Crippen LogP) is 1.49. The minimum absolute atomic E-state index is 0.0735. The number of alkyl halides is 2. The Balaban J connectivity index is 1.34. The summed E-state index contributed by atoms with van der Waals surface area (Å²) in [7, 11) is 0. The second-order valence-corrected chi connectivity index (χ2v) is 7.72. The van der Waals surface area contributed by atoms with Crippen LogP contribution in [0.2, 0.25) is 0 Å². The van der Waals surface area contributed by atoms with E-state index in [0.717, 1.165) is 0 Å². The first-order chi connectivity index (χ1) is 16.3. The van der Waals surface area contributed by atoms with Crippen molar-refractivity contribution in [2.75, 3.05) is 18.0 Å². The lowest BCUT2D eigenvalue weighted by atomic mass is 10.00. The quantitative estimate of drug-likeness (QED) is 0.495. The number of rotatable bonds is 7. The topological polar surface area (TPSA) is 127 Å². The van der Waals surface area contributed by atoms with Gasteiger partial charge in [0.15, 0.2) is 5.82 Å². The van der Waals surface area contributed by atoms with E-state index in [4.69, 9.17) is 4.74 Å². The minimum Gasteiger partial charge on any atom is -0.470 e. The first-order valence-electron chi connectivity index (χ1n) is 10.4. The average molecular weight is 472 g/mol. The zero-order valence-electron chi connectivity index (χ0n) is 18.4. The SMILES string of the molecule is CC(=O)NNC(=O)C1CN(c2ccc(OCc3c(C)nnn3-c3ccc(C(F)F)cc3)nn2)C1. The van der Waals surface area contributed by atoms with Crippen LogP contribution >= 0.6 is 0 Å². The third-order valence-corrected chi connectivity index (χ3v) is 5.27. The standard InChI is InChI=1S/C21H22F2N8O3/c1-12-17(31(29-24-12)16-5-3-14(4-6-16)20(22)23)11-34-19-8-7-18(26-27-19)30-9-15(10-30)21(33)28-25-13(2)32/h3-8,15,20H,9-11H2,1-2H3,(H,25,32)(H,28,33). The Labute approximate surface area is 193 Å². The van der Waals surface area contributed by atoms with Gasteiger partial charge in [-0.25, -0.2) is 13.5 Å². The second-order valence-electron chi connectivity index (χ2n) is 7.72. The number of amides is 2. The normalized spacial score (nSPS) is 13.5. The smallest absolute Gasteiger partial charge is 0.263 e. The second kappa shape index (κ2) is 9.77. The molecule has 13 heteroatoms. The molecule has 1 aliphatic rings. The molecule has 1 aromatic carbocycles. The van der Waals surface area contributed by atoms with E-state index in [9.17, 15) is 18.4 Å². The van der Waals surface area contributed by atoms with E-state index in [1.807, 2.05) is 4.90 Å². The van der Waals surface area contributed by atoms with Crippen LogP contribution in [0.1, 0.15) is 30.3 Å². The average Bonchev–Trinajstić information content (AvgIpc) is 3.16. The molecule has 0 atom stereocenters. The van der Waals surface area contributed by atoms with Gasteiger partial charge in [-0.1, -0.05) is 17.3 Å². The lowest BCUT2D eigenvalue weighted by Gasteiger charge is -2.38. The Morgan fingerprint density at radius 2 is 1.82 bits per heavy atom. The Hall–Kier alpha value is -4.16. The molecule has 1 fully saturated rings. The van der Waals surface area contributed by atoms with E-state index in [0.29, 0.717) is 36.0 Å². The fraction of sp³-hybridized carbons (Fsp3) is 0.333. The van der Waals surface area contributed by atoms with Crippen molar-refractivity contribution in [3.8, 4) is 11.6 Å². The lowest BCUT2D eigenvalue weighted by Crippen LogP contribution is -2.56. The van der Waals surface area contributed by atoms with Crippen LogP contribution in [-0.2, 0) is 16.2 Å². The Morgan fingerprint density at radius 3 is 2.44 bits per heavy atom. The molecule has 11 nitrogen and oxygen atoms in total. The molecule has 1 aliphatic heterocycles. The molecule has 0 bridgehead atoms. The Kier molecular flexibility index (Phi) is 6.61. The predicted molar refractivity (Wildman–Crippen MR) is 115 cm³/mol. The van der Waals surface area contributed by atoms with E-state index >= 15 is 0 Å². The molecule has 1 saturated heterocycles. The Morgan fingerprint density at radius 1 is 1.09 bits per heavy atom. The van der Waals surface area contributed by atoms with E-state index in [-0.39, 0.29) is 35.8 Å². The first-order valence-corrected chi connectivity index (χ1v) is 10.4. The number of carbonyl (C=O) groups excluding carboxylic acids is 2. The molecule has 0 spiro atoms. The molecule has 4 rings (SSSR count). The number of benzene rings is 1. The summed E-state index contributed by atoms with van der Waals surface area (Å²) in [5.41, 5.74) is 6.41. The van der Waals surface area contributed by atoms with E-state index in [1.165, 1.54) is 23.7 Å². The fourth-order valence-corrected chi connectivity index (χ4v) is 3.29. The number of aromatic nitrogens is 5. The maximum absolute atomic E-state index is 12.8. The third kappa shape index (κ3) is 5.08. The number of nitrogens with one attached hydrogen (secondary N) is 2. The number of ether oxygens (including phenoxy) is 1. The molecule has 2 amide bonds. The monoisotopic (exact) mass is 472 g/mol. The van der Waals surface area contributed by atoms with E-state index in [1.54, 1.807) is 31.2 Å². The summed E-state index contributed by atoms with van der Waals surface area (Å²) in [5.74, 6) is 0.0194. The zero-order valence-corrected chi connectivity index (χ0v) is 18.4. The van der Waals surface area contributed by atoms with Gasteiger partial charge in [0.2, 0.25) is 17.7 Å². The maximum atomic E-state index is 12.8. The van der Waals surface area contributed by atoms with Crippen molar-refractivity contribution in [1.82, 2.24) is 36.0 Å². The van der Waals surface area contributed by atoms with Gasteiger partial charge in [-0.2, -0.15) is 0 Å². The molecule has 0 radical (unpaired) electrons. The highest BCUT2D eigenvalue weighted by molar-refractivity contribution is 5.84. The van der Waals surface area contributed by atoms with Crippen molar-refractivity contribution in [3.63, 3.8) is 0 Å². The lowest BCUT2D eigenvalue weighted by molar-refractivity contribution is -0.131. The van der Waals surface area contributed by atoms with Crippen molar-refractivity contribution in [2.24, 2.45) is 5.92 Å². The van der Waals surface area contributed by atoms with Crippen molar-refractivity contribution in [3.05, 3.63) is 53.3 Å². The van der Waals surface area contributed by atoms with Crippen molar-refractivity contribution in [2.45, 2.75) is 26.9 Å². The highest BCUT2D eigenvalue weighted by Gasteiger charge is 2.33. The molecule has 3 heterocycles. The molecule has 178 valence electrons. The third-order valence-electron chi connectivity index (χ3n) is 5.27. The number of halogens is 2.